The second-order valence-electron chi connectivity index (χ2n) is 4.16. The molecule has 0 bridgehead atoms. The minimum Gasteiger partial charge on any atom is -0.349 e. The van der Waals surface area contributed by atoms with Crippen molar-refractivity contribution in [3.8, 4) is 0 Å². The molecule has 4 nitrogen and oxygen atoms in total. The highest BCUT2D eigenvalue weighted by atomic mass is 79.9. The maximum atomic E-state index is 11.9. The fourth-order valence-corrected chi connectivity index (χ4v) is 2.49. The number of benzene rings is 1. The molecule has 0 unspecified atom stereocenters. The lowest BCUT2D eigenvalue weighted by atomic mass is 10.1. The summed E-state index contributed by atoms with van der Waals surface area (Å²) in [5.74, 6) is 0.281. The summed E-state index contributed by atoms with van der Waals surface area (Å²) in [7, 11) is 0. The molecule has 0 saturated carbocycles. The maximum Gasteiger partial charge on any atom is 0.230 e. The zero-order valence-corrected chi connectivity index (χ0v) is 13.3. The third-order valence-corrected chi connectivity index (χ3v) is 4.03. The number of aromatic nitrogens is 2. The molecule has 0 aliphatic carbocycles. The van der Waals surface area contributed by atoms with Crippen molar-refractivity contribution in [2.24, 2.45) is 0 Å². The number of amides is 1. The first kappa shape index (κ1) is 15.0. The Kier molecular flexibility index (Phi) is 5.55. The van der Waals surface area contributed by atoms with Gasteiger partial charge in [0.05, 0.1) is 11.8 Å². The number of thioether (sulfide) groups is 1. The Morgan fingerprint density at radius 1 is 1.30 bits per heavy atom. The van der Waals surface area contributed by atoms with E-state index in [0.29, 0.717) is 10.9 Å². The first-order valence-electron chi connectivity index (χ1n) is 6.10. The maximum absolute atomic E-state index is 11.9. The van der Waals surface area contributed by atoms with Gasteiger partial charge >= 0.3 is 0 Å². The highest BCUT2D eigenvalue weighted by Gasteiger charge is 2.10. The van der Waals surface area contributed by atoms with Gasteiger partial charge < -0.3 is 5.32 Å². The molecule has 0 spiro atoms. The van der Waals surface area contributed by atoms with E-state index < -0.39 is 0 Å². The van der Waals surface area contributed by atoms with Gasteiger partial charge in [0.25, 0.3) is 0 Å². The van der Waals surface area contributed by atoms with Crippen molar-refractivity contribution >= 4 is 33.6 Å². The summed E-state index contributed by atoms with van der Waals surface area (Å²) in [4.78, 5) is 20.0. The van der Waals surface area contributed by atoms with Crippen molar-refractivity contribution in [1.29, 1.82) is 0 Å². The number of halogens is 1. The van der Waals surface area contributed by atoms with Gasteiger partial charge in [0, 0.05) is 16.9 Å². The van der Waals surface area contributed by atoms with E-state index in [2.05, 4.69) is 31.2 Å². The molecule has 20 heavy (non-hydrogen) atoms. The van der Waals surface area contributed by atoms with E-state index in [-0.39, 0.29) is 11.9 Å². The van der Waals surface area contributed by atoms with E-state index in [1.807, 2.05) is 31.2 Å². The summed E-state index contributed by atoms with van der Waals surface area (Å²) in [6.45, 7) is 1.96. The predicted octanol–water partition coefficient (Wildman–Crippen LogP) is 3.21. The molecule has 0 aliphatic heterocycles. The average molecular weight is 352 g/mol. The predicted molar refractivity (Wildman–Crippen MR) is 83.5 cm³/mol. The van der Waals surface area contributed by atoms with Crippen molar-refractivity contribution in [2.45, 2.75) is 18.1 Å². The third kappa shape index (κ3) is 4.61. The molecule has 1 aromatic heterocycles. The molecule has 0 fully saturated rings. The summed E-state index contributed by atoms with van der Waals surface area (Å²) < 4.78 is 1.02. The lowest BCUT2D eigenvalue weighted by Crippen LogP contribution is -2.28. The molecular weight excluding hydrogens is 338 g/mol. The van der Waals surface area contributed by atoms with Crippen molar-refractivity contribution in [2.75, 3.05) is 5.75 Å². The Hall–Kier alpha value is -1.40. The van der Waals surface area contributed by atoms with Gasteiger partial charge in [-0.05, 0) is 30.7 Å². The number of nitrogens with zero attached hydrogens (tertiary/aromatic N) is 2. The monoisotopic (exact) mass is 351 g/mol. The zero-order chi connectivity index (χ0) is 14.4. The average Bonchev–Trinajstić information content (AvgIpc) is 2.47. The van der Waals surface area contributed by atoms with Crippen molar-refractivity contribution in [3.63, 3.8) is 0 Å². The topological polar surface area (TPSA) is 54.9 Å². The van der Waals surface area contributed by atoms with Crippen LogP contribution < -0.4 is 5.32 Å². The second-order valence-corrected chi connectivity index (χ2v) is 6.02. The van der Waals surface area contributed by atoms with Gasteiger partial charge in [-0.1, -0.05) is 39.8 Å². The standard InChI is InChI=1S/C14H14BrN3OS/c1-10(11-3-5-12(15)6-4-11)18-13(19)9-20-14-16-7-2-8-17-14/h2-8,10H,9H2,1H3,(H,18,19)/t10-/m0/s1. The Balaban J connectivity index is 1.83. The molecule has 0 saturated heterocycles. The van der Waals surface area contributed by atoms with Crippen molar-refractivity contribution in [3.05, 3.63) is 52.8 Å². The first-order chi connectivity index (χ1) is 9.65. The number of carbonyl (C=O) groups excluding carboxylic acids is 1. The molecule has 2 aromatic rings. The van der Waals surface area contributed by atoms with Crippen LogP contribution in [0, 0.1) is 0 Å². The van der Waals surface area contributed by atoms with Crippen molar-refractivity contribution in [1.82, 2.24) is 15.3 Å². The van der Waals surface area contributed by atoms with Crippen LogP contribution in [0.5, 0.6) is 0 Å². The van der Waals surface area contributed by atoms with Gasteiger partial charge in [-0.25, -0.2) is 9.97 Å². The van der Waals surface area contributed by atoms with Gasteiger partial charge in [0.1, 0.15) is 0 Å². The Morgan fingerprint density at radius 2 is 1.95 bits per heavy atom. The number of nitrogens with one attached hydrogen (secondary N) is 1. The molecule has 1 N–H and O–H groups in total. The number of carbonyl (C=O) groups is 1. The molecule has 1 heterocycles. The van der Waals surface area contributed by atoms with Crippen LogP contribution in [0.3, 0.4) is 0 Å². The van der Waals surface area contributed by atoms with Gasteiger partial charge in [0.15, 0.2) is 5.16 Å². The molecule has 1 aromatic carbocycles. The molecule has 2 rings (SSSR count). The fraction of sp³-hybridized carbons (Fsp3) is 0.214. The first-order valence-corrected chi connectivity index (χ1v) is 7.87. The second kappa shape index (κ2) is 7.40. The van der Waals surface area contributed by atoms with E-state index in [1.165, 1.54) is 11.8 Å². The minimum absolute atomic E-state index is 0.0205. The molecule has 1 amide bonds. The zero-order valence-electron chi connectivity index (χ0n) is 10.9. The SMILES string of the molecule is C[C@H](NC(=O)CSc1ncccn1)c1ccc(Br)cc1. The molecule has 104 valence electrons. The quantitative estimate of drug-likeness (QED) is 0.663. The van der Waals surface area contributed by atoms with Crippen LogP contribution in [-0.4, -0.2) is 21.6 Å². The van der Waals surface area contributed by atoms with Crippen LogP contribution in [-0.2, 0) is 4.79 Å². The molecule has 0 radical (unpaired) electrons. The highest BCUT2D eigenvalue weighted by molar-refractivity contribution is 9.10. The van der Waals surface area contributed by atoms with E-state index in [1.54, 1.807) is 18.5 Å². The number of rotatable bonds is 5. The van der Waals surface area contributed by atoms with E-state index in [0.717, 1.165) is 10.0 Å². The molecular formula is C14H14BrN3OS. The lowest BCUT2D eigenvalue weighted by molar-refractivity contribution is -0.119. The Bertz CT molecular complexity index is 562. The highest BCUT2D eigenvalue weighted by Crippen LogP contribution is 2.17. The van der Waals surface area contributed by atoms with E-state index in [9.17, 15) is 4.79 Å². The van der Waals surface area contributed by atoms with Crippen LogP contribution in [0.15, 0.2) is 52.4 Å². The summed E-state index contributed by atoms with van der Waals surface area (Å²) in [6, 6.07) is 9.63. The van der Waals surface area contributed by atoms with Gasteiger partial charge in [-0.15, -0.1) is 0 Å². The molecule has 1 atom stereocenters. The van der Waals surface area contributed by atoms with Crippen LogP contribution in [0.25, 0.3) is 0 Å². The Morgan fingerprint density at radius 3 is 2.60 bits per heavy atom. The smallest absolute Gasteiger partial charge is 0.230 e. The van der Waals surface area contributed by atoms with E-state index in [4.69, 9.17) is 0 Å². The van der Waals surface area contributed by atoms with Crippen LogP contribution in [0.4, 0.5) is 0 Å². The number of hydrogen-bond acceptors (Lipinski definition) is 4. The van der Waals surface area contributed by atoms with Gasteiger partial charge in [-0.3, -0.25) is 4.79 Å². The lowest BCUT2D eigenvalue weighted by Gasteiger charge is -2.14. The van der Waals surface area contributed by atoms with Crippen molar-refractivity contribution < 1.29 is 4.79 Å². The largest absolute Gasteiger partial charge is 0.349 e. The van der Waals surface area contributed by atoms with Crippen LogP contribution in [0.2, 0.25) is 0 Å². The fourth-order valence-electron chi connectivity index (χ4n) is 1.61. The van der Waals surface area contributed by atoms with Crippen LogP contribution in [0.1, 0.15) is 18.5 Å². The normalized spacial score (nSPS) is 11.9. The summed E-state index contributed by atoms with van der Waals surface area (Å²) in [6.07, 6.45) is 3.33. The minimum atomic E-state index is -0.0297. The molecule has 0 aliphatic rings. The Labute approximate surface area is 130 Å². The van der Waals surface area contributed by atoms with Crippen LogP contribution >= 0.6 is 27.7 Å². The van der Waals surface area contributed by atoms with Gasteiger partial charge in [0.2, 0.25) is 5.91 Å². The molecule has 6 heteroatoms. The summed E-state index contributed by atoms with van der Waals surface area (Å²) in [5, 5.41) is 3.57. The van der Waals surface area contributed by atoms with E-state index >= 15 is 0 Å². The summed E-state index contributed by atoms with van der Waals surface area (Å²) >= 11 is 4.72. The summed E-state index contributed by atoms with van der Waals surface area (Å²) in [5.41, 5.74) is 1.07. The third-order valence-electron chi connectivity index (χ3n) is 2.62. The van der Waals surface area contributed by atoms with Gasteiger partial charge in [-0.2, -0.15) is 0 Å². The number of hydrogen-bond donors (Lipinski definition) is 1.